The van der Waals surface area contributed by atoms with Gasteiger partial charge in [-0.3, -0.25) is 4.79 Å². The predicted molar refractivity (Wildman–Crippen MR) is 116 cm³/mol. The molecule has 0 saturated heterocycles. The van der Waals surface area contributed by atoms with Crippen molar-refractivity contribution in [3.63, 3.8) is 0 Å². The molecule has 0 radical (unpaired) electrons. The normalized spacial score (nSPS) is 11.2. The Labute approximate surface area is 169 Å². The molecule has 0 bridgehead atoms. The van der Waals surface area contributed by atoms with E-state index >= 15 is 0 Å². The van der Waals surface area contributed by atoms with Crippen molar-refractivity contribution in [2.45, 2.75) is 77.7 Å². The second kappa shape index (κ2) is 13.3. The average Bonchev–Trinajstić information content (AvgIpc) is 3.05. The molecule has 0 aliphatic rings. The van der Waals surface area contributed by atoms with Crippen molar-refractivity contribution in [1.29, 1.82) is 0 Å². The number of aromatic nitrogens is 2. The van der Waals surface area contributed by atoms with Crippen LogP contribution in [0, 0.1) is 0 Å². The summed E-state index contributed by atoms with van der Waals surface area (Å²) in [6.07, 6.45) is 12.0. The number of methoxy groups -OCH3 is 1. The highest BCUT2D eigenvalue weighted by Gasteiger charge is 2.10. The molecule has 2 aromatic rings. The first-order valence-electron chi connectivity index (χ1n) is 11.0. The maximum atomic E-state index is 11.4. The molecule has 0 aliphatic carbocycles. The fraction of sp³-hybridized carbons (Fsp3) is 0.652. The highest BCUT2D eigenvalue weighted by Crippen LogP contribution is 2.19. The number of para-hydroxylation sites is 2. The predicted octanol–water partition coefficient (Wildman–Crippen LogP) is 4.87. The molecule has 0 unspecified atom stereocenters. The third-order valence-corrected chi connectivity index (χ3v) is 5.14. The Morgan fingerprint density at radius 3 is 2.61 bits per heavy atom. The Balaban J connectivity index is 1.79. The van der Waals surface area contributed by atoms with Gasteiger partial charge in [0.15, 0.2) is 0 Å². The Morgan fingerprint density at radius 2 is 1.79 bits per heavy atom. The van der Waals surface area contributed by atoms with Gasteiger partial charge >= 0.3 is 0 Å². The quantitative estimate of drug-likeness (QED) is 0.444. The summed E-state index contributed by atoms with van der Waals surface area (Å²) in [6, 6.07) is 8.47. The maximum Gasteiger partial charge on any atom is 0.245 e. The fourth-order valence-electron chi connectivity index (χ4n) is 3.61. The van der Waals surface area contributed by atoms with Crippen LogP contribution in [0.4, 0.5) is 0 Å². The van der Waals surface area contributed by atoms with Gasteiger partial charge in [0.2, 0.25) is 5.91 Å². The van der Waals surface area contributed by atoms with E-state index in [4.69, 9.17) is 9.72 Å². The summed E-state index contributed by atoms with van der Waals surface area (Å²) in [5.41, 5.74) is 2.37. The van der Waals surface area contributed by atoms with Crippen LogP contribution in [0.1, 0.15) is 70.5 Å². The number of rotatable bonds is 15. The lowest BCUT2D eigenvalue weighted by Gasteiger charge is -2.10. The first-order chi connectivity index (χ1) is 13.8. The molecule has 0 atom stereocenters. The highest BCUT2D eigenvalue weighted by atomic mass is 16.5. The van der Waals surface area contributed by atoms with Crippen LogP contribution in [-0.2, 0) is 22.5 Å². The number of nitrogens with one attached hydrogen (secondary N) is 1. The van der Waals surface area contributed by atoms with Gasteiger partial charge in [0, 0.05) is 26.6 Å². The monoisotopic (exact) mass is 387 g/mol. The lowest BCUT2D eigenvalue weighted by atomic mass is 10.1. The van der Waals surface area contributed by atoms with E-state index in [1.165, 1.54) is 57.0 Å². The van der Waals surface area contributed by atoms with Gasteiger partial charge < -0.3 is 14.6 Å². The maximum absolute atomic E-state index is 11.4. The molecule has 1 aromatic heterocycles. The van der Waals surface area contributed by atoms with Crippen LogP contribution in [-0.4, -0.2) is 35.7 Å². The fourth-order valence-corrected chi connectivity index (χ4v) is 3.61. The second-order valence-corrected chi connectivity index (χ2v) is 7.53. The molecule has 156 valence electrons. The molecule has 1 heterocycles. The van der Waals surface area contributed by atoms with E-state index in [-0.39, 0.29) is 12.5 Å². The number of hydrogen-bond donors (Lipinski definition) is 1. The van der Waals surface area contributed by atoms with Gasteiger partial charge in [0.05, 0.1) is 11.0 Å². The van der Waals surface area contributed by atoms with Crippen molar-refractivity contribution in [3.8, 4) is 0 Å². The lowest BCUT2D eigenvalue weighted by molar-refractivity contribution is -0.124. The highest BCUT2D eigenvalue weighted by molar-refractivity contribution is 5.77. The summed E-state index contributed by atoms with van der Waals surface area (Å²) in [7, 11) is 1.54. The Bertz CT molecular complexity index is 696. The van der Waals surface area contributed by atoms with Crippen molar-refractivity contribution in [1.82, 2.24) is 14.9 Å². The Kier molecular flexibility index (Phi) is 10.7. The van der Waals surface area contributed by atoms with Crippen molar-refractivity contribution in [3.05, 3.63) is 30.1 Å². The zero-order valence-electron chi connectivity index (χ0n) is 17.7. The van der Waals surface area contributed by atoms with E-state index < -0.39 is 0 Å². The summed E-state index contributed by atoms with van der Waals surface area (Å²) in [6.45, 7) is 4.19. The third-order valence-electron chi connectivity index (χ3n) is 5.14. The first kappa shape index (κ1) is 22.4. The average molecular weight is 388 g/mol. The summed E-state index contributed by atoms with van der Waals surface area (Å²) in [5, 5.41) is 2.88. The largest absolute Gasteiger partial charge is 0.375 e. The number of carbonyl (C=O) groups is 1. The van der Waals surface area contributed by atoms with Crippen LogP contribution in [0.2, 0.25) is 0 Å². The van der Waals surface area contributed by atoms with Gasteiger partial charge in [0.25, 0.3) is 0 Å². The standard InChI is InChI=1S/C23H37N3O2/c1-3-4-5-6-7-13-18-26-21-15-11-10-14-20(21)25-22(26)16-9-8-12-17-24-23(27)19-28-2/h10-11,14-15H,3-9,12-13,16-19H2,1-2H3,(H,24,27). The van der Waals surface area contributed by atoms with Crippen molar-refractivity contribution < 1.29 is 9.53 Å². The minimum atomic E-state index is -0.0387. The second-order valence-electron chi connectivity index (χ2n) is 7.53. The molecule has 1 N–H and O–H groups in total. The van der Waals surface area contributed by atoms with Crippen LogP contribution in [0.25, 0.3) is 11.0 Å². The summed E-state index contributed by atoms with van der Waals surface area (Å²) >= 11 is 0. The third kappa shape index (κ3) is 7.63. The molecular formula is C23H37N3O2. The first-order valence-corrected chi connectivity index (χ1v) is 11.0. The lowest BCUT2D eigenvalue weighted by Crippen LogP contribution is -2.27. The van der Waals surface area contributed by atoms with Crippen molar-refractivity contribution in [2.75, 3.05) is 20.3 Å². The number of aryl methyl sites for hydroxylation is 2. The molecule has 5 heteroatoms. The zero-order valence-corrected chi connectivity index (χ0v) is 17.7. The number of unbranched alkanes of at least 4 members (excludes halogenated alkanes) is 7. The van der Waals surface area contributed by atoms with Gasteiger partial charge in [-0.1, -0.05) is 57.6 Å². The molecule has 0 spiro atoms. The number of amides is 1. The molecule has 0 fully saturated rings. The van der Waals surface area contributed by atoms with Crippen LogP contribution in [0.5, 0.6) is 0 Å². The molecular weight excluding hydrogens is 350 g/mol. The van der Waals surface area contributed by atoms with E-state index in [0.717, 1.165) is 44.3 Å². The van der Waals surface area contributed by atoms with Gasteiger partial charge in [-0.25, -0.2) is 4.98 Å². The van der Waals surface area contributed by atoms with E-state index in [1.54, 1.807) is 0 Å². The Hall–Kier alpha value is -1.88. The topological polar surface area (TPSA) is 56.2 Å². The molecule has 1 amide bonds. The molecule has 1 aromatic carbocycles. The number of hydrogen-bond acceptors (Lipinski definition) is 3. The number of ether oxygens (including phenoxy) is 1. The van der Waals surface area contributed by atoms with Crippen LogP contribution in [0.3, 0.4) is 0 Å². The summed E-state index contributed by atoms with van der Waals surface area (Å²) < 4.78 is 7.24. The van der Waals surface area contributed by atoms with Crippen molar-refractivity contribution >= 4 is 16.9 Å². The number of fused-ring (bicyclic) bond motifs is 1. The van der Waals surface area contributed by atoms with Gasteiger partial charge in [0.1, 0.15) is 12.4 Å². The van der Waals surface area contributed by atoms with Crippen LogP contribution < -0.4 is 5.32 Å². The van der Waals surface area contributed by atoms with Crippen LogP contribution >= 0.6 is 0 Å². The summed E-state index contributed by atoms with van der Waals surface area (Å²) in [4.78, 5) is 16.3. The van der Waals surface area contributed by atoms with Gasteiger partial charge in [-0.2, -0.15) is 0 Å². The number of imidazole rings is 1. The SMILES string of the molecule is CCCCCCCCn1c(CCCCCNC(=O)COC)nc2ccccc21. The number of nitrogens with zero attached hydrogens (tertiary/aromatic N) is 2. The molecule has 0 saturated carbocycles. The van der Waals surface area contributed by atoms with Crippen LogP contribution in [0.15, 0.2) is 24.3 Å². The van der Waals surface area contributed by atoms with Crippen molar-refractivity contribution in [2.24, 2.45) is 0 Å². The van der Waals surface area contributed by atoms with E-state index in [0.29, 0.717) is 0 Å². The Morgan fingerprint density at radius 1 is 1.04 bits per heavy atom. The minimum Gasteiger partial charge on any atom is -0.375 e. The number of benzene rings is 1. The molecule has 5 nitrogen and oxygen atoms in total. The molecule has 0 aliphatic heterocycles. The van der Waals surface area contributed by atoms with Gasteiger partial charge in [-0.05, 0) is 31.4 Å². The van der Waals surface area contributed by atoms with E-state index in [9.17, 15) is 4.79 Å². The van der Waals surface area contributed by atoms with E-state index in [1.807, 2.05) is 0 Å². The van der Waals surface area contributed by atoms with Gasteiger partial charge in [-0.15, -0.1) is 0 Å². The number of carbonyl (C=O) groups excluding carboxylic acids is 1. The minimum absolute atomic E-state index is 0.0387. The zero-order chi connectivity index (χ0) is 20.0. The summed E-state index contributed by atoms with van der Waals surface area (Å²) in [5.74, 6) is 1.17. The molecule has 28 heavy (non-hydrogen) atoms. The smallest absolute Gasteiger partial charge is 0.245 e. The van der Waals surface area contributed by atoms with E-state index in [2.05, 4.69) is 41.1 Å². The molecule has 2 rings (SSSR count).